The summed E-state index contributed by atoms with van der Waals surface area (Å²) in [5.41, 5.74) is -0.459. The highest BCUT2D eigenvalue weighted by Crippen LogP contribution is 2.20. The number of carbonyl (C=O) groups excluding carboxylic acids is 1. The molecule has 0 radical (unpaired) electrons. The van der Waals surface area contributed by atoms with Crippen molar-refractivity contribution < 1.29 is 9.63 Å². The lowest BCUT2D eigenvalue weighted by molar-refractivity contribution is -0.207. The lowest BCUT2D eigenvalue weighted by atomic mass is 10.00. The summed E-state index contributed by atoms with van der Waals surface area (Å²) in [5.74, 6) is 0.0964. The molecule has 0 aromatic carbocycles. The molecule has 2 aliphatic rings. The Hall–Kier alpha value is -0.650. The van der Waals surface area contributed by atoms with E-state index in [1.807, 2.05) is 13.8 Å². The zero-order valence-electron chi connectivity index (χ0n) is 10.9. The number of carbonyl (C=O) groups is 1. The smallest absolute Gasteiger partial charge is 0.266 e. The van der Waals surface area contributed by atoms with Crippen LogP contribution in [0.3, 0.4) is 0 Å². The Bertz CT molecular complexity index is 269. The lowest BCUT2D eigenvalue weighted by Crippen LogP contribution is -2.61. The average molecular weight is 241 g/mol. The topological polar surface area (TPSA) is 44.8 Å². The maximum atomic E-state index is 12.5. The quantitative estimate of drug-likeness (QED) is 0.751. The van der Waals surface area contributed by atoms with E-state index in [0.717, 1.165) is 45.6 Å². The number of hydrogen-bond donors (Lipinski definition) is 1. The Morgan fingerprint density at radius 1 is 1.18 bits per heavy atom. The molecule has 2 fully saturated rings. The number of nitrogens with one attached hydrogen (secondary N) is 1. The molecule has 0 saturated carbocycles. The molecular weight excluding hydrogens is 218 g/mol. The van der Waals surface area contributed by atoms with E-state index < -0.39 is 5.54 Å². The van der Waals surface area contributed by atoms with Crippen LogP contribution in [0.1, 0.15) is 26.7 Å². The molecule has 0 aromatic rings. The van der Waals surface area contributed by atoms with Crippen LogP contribution in [0.4, 0.5) is 0 Å². The van der Waals surface area contributed by atoms with E-state index in [0.29, 0.717) is 6.61 Å². The molecule has 2 rings (SSSR count). The Morgan fingerprint density at radius 3 is 2.47 bits per heavy atom. The largest absolute Gasteiger partial charge is 0.314 e. The zero-order valence-corrected chi connectivity index (χ0v) is 10.9. The molecule has 5 nitrogen and oxygen atoms in total. The third-order valence-electron chi connectivity index (χ3n) is 3.66. The standard InChI is InChI=1S/C12H23N3O2/c1-12(2,14-8-5-13-6-9-14)11(16)15-7-3-4-10-17-15/h13H,3-10H2,1-2H3. The number of rotatable bonds is 2. The van der Waals surface area contributed by atoms with Crippen molar-refractivity contribution in [2.24, 2.45) is 0 Å². The van der Waals surface area contributed by atoms with Gasteiger partial charge in [-0.2, -0.15) is 0 Å². The Kier molecular flexibility index (Phi) is 4.01. The van der Waals surface area contributed by atoms with Crippen molar-refractivity contribution in [3.8, 4) is 0 Å². The van der Waals surface area contributed by atoms with E-state index in [1.54, 1.807) is 5.06 Å². The summed E-state index contributed by atoms with van der Waals surface area (Å²) in [6.45, 7) is 9.16. The van der Waals surface area contributed by atoms with Gasteiger partial charge >= 0.3 is 0 Å². The number of amides is 1. The first kappa shape index (κ1) is 12.8. The molecule has 2 saturated heterocycles. The fourth-order valence-corrected chi connectivity index (χ4v) is 2.42. The molecule has 2 heterocycles. The van der Waals surface area contributed by atoms with Gasteiger partial charge in [0.15, 0.2) is 0 Å². The molecule has 0 bridgehead atoms. The van der Waals surface area contributed by atoms with Crippen LogP contribution >= 0.6 is 0 Å². The molecular formula is C12H23N3O2. The van der Waals surface area contributed by atoms with Gasteiger partial charge in [-0.15, -0.1) is 0 Å². The van der Waals surface area contributed by atoms with E-state index in [2.05, 4.69) is 10.2 Å². The van der Waals surface area contributed by atoms with Gasteiger partial charge in [-0.1, -0.05) is 0 Å². The maximum absolute atomic E-state index is 12.5. The van der Waals surface area contributed by atoms with Crippen molar-refractivity contribution in [2.75, 3.05) is 39.3 Å². The first-order chi connectivity index (χ1) is 8.12. The fraction of sp³-hybridized carbons (Fsp3) is 0.917. The third kappa shape index (κ3) is 2.78. The van der Waals surface area contributed by atoms with Gasteiger partial charge in [0, 0.05) is 32.7 Å². The summed E-state index contributed by atoms with van der Waals surface area (Å²) in [6.07, 6.45) is 2.10. The highest BCUT2D eigenvalue weighted by Gasteiger charge is 2.39. The van der Waals surface area contributed by atoms with Crippen LogP contribution < -0.4 is 5.32 Å². The summed E-state index contributed by atoms with van der Waals surface area (Å²) in [7, 11) is 0. The first-order valence-corrected chi connectivity index (χ1v) is 6.53. The third-order valence-corrected chi connectivity index (χ3v) is 3.66. The van der Waals surface area contributed by atoms with E-state index >= 15 is 0 Å². The molecule has 1 amide bonds. The second-order valence-electron chi connectivity index (χ2n) is 5.24. The van der Waals surface area contributed by atoms with Crippen molar-refractivity contribution in [1.29, 1.82) is 0 Å². The van der Waals surface area contributed by atoms with E-state index in [1.165, 1.54) is 0 Å². The predicted molar refractivity (Wildman–Crippen MR) is 65.4 cm³/mol. The van der Waals surface area contributed by atoms with Crippen LogP contribution in [0.25, 0.3) is 0 Å². The van der Waals surface area contributed by atoms with Crippen LogP contribution in [0.2, 0.25) is 0 Å². The van der Waals surface area contributed by atoms with Crippen LogP contribution in [-0.4, -0.2) is 60.7 Å². The average Bonchev–Trinajstić information content (AvgIpc) is 2.40. The summed E-state index contributed by atoms with van der Waals surface area (Å²) in [4.78, 5) is 20.2. The molecule has 17 heavy (non-hydrogen) atoms. The Labute approximate surface area is 103 Å². The highest BCUT2D eigenvalue weighted by atomic mass is 16.7. The van der Waals surface area contributed by atoms with Crippen molar-refractivity contribution >= 4 is 5.91 Å². The van der Waals surface area contributed by atoms with Crippen molar-refractivity contribution in [1.82, 2.24) is 15.3 Å². The molecule has 2 aliphatic heterocycles. The lowest BCUT2D eigenvalue weighted by Gasteiger charge is -2.42. The number of nitrogens with zero attached hydrogens (tertiary/aromatic N) is 2. The number of hydrogen-bond acceptors (Lipinski definition) is 4. The van der Waals surface area contributed by atoms with Crippen LogP contribution in [0.5, 0.6) is 0 Å². The second kappa shape index (κ2) is 5.33. The van der Waals surface area contributed by atoms with Gasteiger partial charge in [0.25, 0.3) is 5.91 Å². The SMILES string of the molecule is CC(C)(C(=O)N1CCCCO1)N1CCNCC1. The van der Waals surface area contributed by atoms with E-state index in [9.17, 15) is 4.79 Å². The molecule has 98 valence electrons. The minimum Gasteiger partial charge on any atom is -0.314 e. The first-order valence-electron chi connectivity index (χ1n) is 6.53. The van der Waals surface area contributed by atoms with Gasteiger partial charge in [-0.25, -0.2) is 5.06 Å². The summed E-state index contributed by atoms with van der Waals surface area (Å²) in [6, 6.07) is 0. The second-order valence-corrected chi connectivity index (χ2v) is 5.24. The van der Waals surface area contributed by atoms with Crippen molar-refractivity contribution in [3.63, 3.8) is 0 Å². The summed E-state index contributed by atoms with van der Waals surface area (Å²) in [5, 5.41) is 4.87. The number of piperazine rings is 1. The van der Waals surface area contributed by atoms with Gasteiger partial charge in [0.1, 0.15) is 0 Å². The zero-order chi connectivity index (χ0) is 12.3. The Balaban J connectivity index is 1.99. The van der Waals surface area contributed by atoms with Gasteiger partial charge in [0.2, 0.25) is 0 Å². The predicted octanol–water partition coefficient (Wildman–Crippen LogP) is 0.224. The molecule has 5 heteroatoms. The van der Waals surface area contributed by atoms with Gasteiger partial charge in [-0.05, 0) is 26.7 Å². The molecule has 0 aliphatic carbocycles. The maximum Gasteiger partial charge on any atom is 0.266 e. The monoisotopic (exact) mass is 241 g/mol. The van der Waals surface area contributed by atoms with Crippen LogP contribution in [0.15, 0.2) is 0 Å². The molecule has 0 aromatic heterocycles. The van der Waals surface area contributed by atoms with Crippen molar-refractivity contribution in [2.45, 2.75) is 32.2 Å². The normalized spacial score (nSPS) is 23.8. The summed E-state index contributed by atoms with van der Waals surface area (Å²) < 4.78 is 0. The van der Waals surface area contributed by atoms with Gasteiger partial charge < -0.3 is 5.32 Å². The Morgan fingerprint density at radius 2 is 1.88 bits per heavy atom. The summed E-state index contributed by atoms with van der Waals surface area (Å²) >= 11 is 0. The molecule has 0 unspecified atom stereocenters. The molecule has 0 atom stereocenters. The van der Waals surface area contributed by atoms with Crippen LogP contribution in [0, 0.1) is 0 Å². The minimum atomic E-state index is -0.459. The minimum absolute atomic E-state index is 0.0964. The van der Waals surface area contributed by atoms with E-state index in [4.69, 9.17) is 4.84 Å². The molecule has 0 spiro atoms. The highest BCUT2D eigenvalue weighted by molar-refractivity contribution is 5.84. The van der Waals surface area contributed by atoms with Gasteiger partial charge in [0.05, 0.1) is 12.1 Å². The fourth-order valence-electron chi connectivity index (χ4n) is 2.42. The van der Waals surface area contributed by atoms with Crippen LogP contribution in [-0.2, 0) is 9.63 Å². The van der Waals surface area contributed by atoms with Crippen molar-refractivity contribution in [3.05, 3.63) is 0 Å². The molecule has 1 N–H and O–H groups in total. The van der Waals surface area contributed by atoms with Gasteiger partial charge in [-0.3, -0.25) is 14.5 Å². The number of hydroxylamine groups is 2. The van der Waals surface area contributed by atoms with E-state index in [-0.39, 0.29) is 5.91 Å².